The normalized spacial score (nSPS) is 12.1. The summed E-state index contributed by atoms with van der Waals surface area (Å²) in [4.78, 5) is 4.50. The van der Waals surface area contributed by atoms with E-state index in [1.807, 2.05) is 23.9 Å². The molecule has 0 bridgehead atoms. The summed E-state index contributed by atoms with van der Waals surface area (Å²) in [5.74, 6) is 0. The highest BCUT2D eigenvalue weighted by Gasteiger charge is 2.00. The van der Waals surface area contributed by atoms with E-state index in [9.17, 15) is 0 Å². The Morgan fingerprint density at radius 1 is 1.62 bits per heavy atom. The summed E-state index contributed by atoms with van der Waals surface area (Å²) in [6.07, 6.45) is 5.03. The van der Waals surface area contributed by atoms with Crippen LogP contribution in [0, 0.1) is 0 Å². The predicted molar refractivity (Wildman–Crippen MR) is 76.2 cm³/mol. The molecule has 0 aliphatic heterocycles. The van der Waals surface area contributed by atoms with Gasteiger partial charge in [-0.2, -0.15) is 11.8 Å². The summed E-state index contributed by atoms with van der Waals surface area (Å²) in [5.41, 5.74) is 7.14. The van der Waals surface area contributed by atoms with Gasteiger partial charge in [0.15, 0.2) is 0 Å². The van der Waals surface area contributed by atoms with Crippen molar-refractivity contribution in [3.05, 3.63) is 24.0 Å². The summed E-state index contributed by atoms with van der Waals surface area (Å²) in [6.45, 7) is 3.18. The third kappa shape index (κ3) is 4.37. The summed E-state index contributed by atoms with van der Waals surface area (Å²) in [5, 5.41) is 3.99. The van der Waals surface area contributed by atoms with Gasteiger partial charge in [0.1, 0.15) is 4.99 Å². The second kappa shape index (κ2) is 6.70. The van der Waals surface area contributed by atoms with Gasteiger partial charge in [0.05, 0.1) is 17.6 Å². The molecule has 1 heterocycles. The summed E-state index contributed by atoms with van der Waals surface area (Å²) < 4.78 is 0. The highest BCUT2D eigenvalue weighted by molar-refractivity contribution is 7.99. The fourth-order valence-electron chi connectivity index (χ4n) is 1.18. The van der Waals surface area contributed by atoms with Crippen molar-refractivity contribution in [2.45, 2.75) is 18.6 Å². The minimum atomic E-state index is 0.336. The molecule has 0 aromatic carbocycles. The third-order valence-corrected chi connectivity index (χ3v) is 3.55. The van der Waals surface area contributed by atoms with E-state index in [1.54, 1.807) is 6.20 Å². The first-order valence-corrected chi connectivity index (χ1v) is 6.85. The predicted octanol–water partition coefficient (Wildman–Crippen LogP) is 2.27. The SMILES string of the molecule is CSC(C)CCNc1ccc(C(N)=S)nc1. The molecule has 0 aliphatic carbocycles. The number of pyridine rings is 1. The smallest absolute Gasteiger partial charge is 0.122 e. The van der Waals surface area contributed by atoms with Crippen LogP contribution in [-0.2, 0) is 0 Å². The Labute approximate surface area is 106 Å². The number of hydrogen-bond acceptors (Lipinski definition) is 4. The first-order chi connectivity index (χ1) is 7.63. The van der Waals surface area contributed by atoms with Gasteiger partial charge in [0.25, 0.3) is 0 Å². The standard InChI is InChI=1S/C11H17N3S2/c1-8(16-2)5-6-13-9-3-4-10(11(12)15)14-7-9/h3-4,7-8,13H,5-6H2,1-2H3,(H2,12,15). The molecule has 3 nitrogen and oxygen atoms in total. The van der Waals surface area contributed by atoms with Crippen LogP contribution in [0.25, 0.3) is 0 Å². The molecule has 0 radical (unpaired) electrons. The highest BCUT2D eigenvalue weighted by Crippen LogP contribution is 2.11. The second-order valence-electron chi connectivity index (χ2n) is 3.56. The number of aromatic nitrogens is 1. The molecular weight excluding hydrogens is 238 g/mol. The quantitative estimate of drug-likeness (QED) is 0.764. The van der Waals surface area contributed by atoms with Gasteiger partial charge in [-0.15, -0.1) is 0 Å². The monoisotopic (exact) mass is 255 g/mol. The number of nitrogens with zero attached hydrogens (tertiary/aromatic N) is 1. The lowest BCUT2D eigenvalue weighted by Crippen LogP contribution is -2.12. The van der Waals surface area contributed by atoms with Crippen molar-refractivity contribution < 1.29 is 0 Å². The number of nitrogens with one attached hydrogen (secondary N) is 1. The maximum atomic E-state index is 5.47. The van der Waals surface area contributed by atoms with Gasteiger partial charge < -0.3 is 11.1 Å². The minimum absolute atomic E-state index is 0.336. The van der Waals surface area contributed by atoms with Crippen LogP contribution in [0.15, 0.2) is 18.3 Å². The van der Waals surface area contributed by atoms with Crippen molar-refractivity contribution in [1.82, 2.24) is 4.98 Å². The maximum absolute atomic E-state index is 5.47. The zero-order valence-electron chi connectivity index (χ0n) is 9.56. The van der Waals surface area contributed by atoms with Crippen LogP contribution in [0.2, 0.25) is 0 Å². The Kier molecular flexibility index (Phi) is 5.55. The van der Waals surface area contributed by atoms with Crippen molar-refractivity contribution >= 4 is 34.7 Å². The molecule has 16 heavy (non-hydrogen) atoms. The van der Waals surface area contributed by atoms with Crippen LogP contribution in [0.4, 0.5) is 5.69 Å². The van der Waals surface area contributed by atoms with E-state index in [1.165, 1.54) is 0 Å². The van der Waals surface area contributed by atoms with Crippen LogP contribution in [0.5, 0.6) is 0 Å². The molecule has 1 aromatic heterocycles. The summed E-state index contributed by atoms with van der Waals surface area (Å²) in [6, 6.07) is 3.79. The van der Waals surface area contributed by atoms with E-state index in [0.29, 0.717) is 15.9 Å². The summed E-state index contributed by atoms with van der Waals surface area (Å²) in [7, 11) is 0. The van der Waals surface area contributed by atoms with E-state index >= 15 is 0 Å². The molecule has 3 N–H and O–H groups in total. The first kappa shape index (κ1) is 13.3. The number of hydrogen-bond donors (Lipinski definition) is 2. The number of rotatable bonds is 6. The molecule has 5 heteroatoms. The van der Waals surface area contributed by atoms with Gasteiger partial charge in [-0.1, -0.05) is 19.1 Å². The molecule has 1 rings (SSSR count). The van der Waals surface area contributed by atoms with E-state index in [-0.39, 0.29) is 0 Å². The van der Waals surface area contributed by atoms with Crippen LogP contribution in [-0.4, -0.2) is 28.0 Å². The third-order valence-electron chi connectivity index (χ3n) is 2.30. The van der Waals surface area contributed by atoms with E-state index in [0.717, 1.165) is 18.7 Å². The number of thiocarbonyl (C=S) groups is 1. The molecular formula is C11H17N3S2. The van der Waals surface area contributed by atoms with Gasteiger partial charge in [-0.25, -0.2) is 0 Å². The molecule has 0 saturated heterocycles. The molecule has 0 spiro atoms. The largest absolute Gasteiger partial charge is 0.388 e. The zero-order chi connectivity index (χ0) is 12.0. The summed E-state index contributed by atoms with van der Waals surface area (Å²) >= 11 is 6.71. The Hall–Kier alpha value is -0.810. The van der Waals surface area contributed by atoms with Crippen molar-refractivity contribution in [1.29, 1.82) is 0 Å². The lowest BCUT2D eigenvalue weighted by atomic mass is 10.3. The van der Waals surface area contributed by atoms with E-state index in [2.05, 4.69) is 23.5 Å². The maximum Gasteiger partial charge on any atom is 0.122 e. The molecule has 0 saturated carbocycles. The van der Waals surface area contributed by atoms with Gasteiger partial charge >= 0.3 is 0 Å². The van der Waals surface area contributed by atoms with Crippen molar-refractivity contribution in [2.75, 3.05) is 18.1 Å². The lowest BCUT2D eigenvalue weighted by Gasteiger charge is -2.10. The fourth-order valence-corrected chi connectivity index (χ4v) is 1.66. The van der Waals surface area contributed by atoms with Gasteiger partial charge in [-0.3, -0.25) is 4.98 Å². The molecule has 0 fully saturated rings. The average molecular weight is 255 g/mol. The van der Waals surface area contributed by atoms with Crippen molar-refractivity contribution in [3.63, 3.8) is 0 Å². The van der Waals surface area contributed by atoms with Gasteiger partial charge in [0.2, 0.25) is 0 Å². The molecule has 1 aromatic rings. The molecule has 1 atom stereocenters. The number of anilines is 1. The average Bonchev–Trinajstić information content (AvgIpc) is 2.29. The zero-order valence-corrected chi connectivity index (χ0v) is 11.2. The van der Waals surface area contributed by atoms with Gasteiger partial charge in [-0.05, 0) is 24.8 Å². The molecule has 0 aliphatic rings. The van der Waals surface area contributed by atoms with Crippen LogP contribution in [0.1, 0.15) is 19.0 Å². The van der Waals surface area contributed by atoms with Crippen molar-refractivity contribution in [3.8, 4) is 0 Å². The van der Waals surface area contributed by atoms with Crippen LogP contribution in [0.3, 0.4) is 0 Å². The van der Waals surface area contributed by atoms with Crippen LogP contribution < -0.4 is 11.1 Å². The van der Waals surface area contributed by atoms with E-state index < -0.39 is 0 Å². The first-order valence-electron chi connectivity index (χ1n) is 5.16. The number of nitrogens with two attached hydrogens (primary N) is 1. The van der Waals surface area contributed by atoms with Gasteiger partial charge in [0, 0.05) is 11.8 Å². The Bertz CT molecular complexity index is 338. The Balaban J connectivity index is 2.40. The fraction of sp³-hybridized carbons (Fsp3) is 0.455. The highest BCUT2D eigenvalue weighted by atomic mass is 32.2. The van der Waals surface area contributed by atoms with Crippen molar-refractivity contribution in [2.24, 2.45) is 5.73 Å². The van der Waals surface area contributed by atoms with E-state index in [4.69, 9.17) is 18.0 Å². The Morgan fingerprint density at radius 3 is 2.88 bits per heavy atom. The molecule has 88 valence electrons. The number of thioether (sulfide) groups is 1. The minimum Gasteiger partial charge on any atom is -0.388 e. The second-order valence-corrected chi connectivity index (χ2v) is 5.27. The topological polar surface area (TPSA) is 50.9 Å². The lowest BCUT2D eigenvalue weighted by molar-refractivity contribution is 0.853. The molecule has 1 unspecified atom stereocenters. The molecule has 0 amide bonds. The van der Waals surface area contributed by atoms with Crippen LogP contribution >= 0.6 is 24.0 Å². The Morgan fingerprint density at radius 2 is 2.38 bits per heavy atom.